The molecule has 1 N–H and O–H groups in total. The summed E-state index contributed by atoms with van der Waals surface area (Å²) in [7, 11) is 0. The van der Waals surface area contributed by atoms with Crippen molar-refractivity contribution in [3.05, 3.63) is 35.9 Å². The number of hydroxylamine groups is 1. The Balaban J connectivity index is 1.89. The van der Waals surface area contributed by atoms with Crippen molar-refractivity contribution in [1.29, 1.82) is 0 Å². The Kier molecular flexibility index (Phi) is 2.90. The van der Waals surface area contributed by atoms with Gasteiger partial charge >= 0.3 is 11.3 Å². The van der Waals surface area contributed by atoms with Gasteiger partial charge in [-0.3, -0.25) is 0 Å². The molecule has 0 aromatic heterocycles. The minimum Gasteiger partial charge on any atom is -0.235 e. The molecular formula is C9H10N2O2S. The maximum atomic E-state index is 10.7. The molecule has 5 heteroatoms. The fraction of sp³-hybridized carbons (Fsp3) is 0.222. The zero-order chi connectivity index (χ0) is 9.80. The van der Waals surface area contributed by atoms with Crippen LogP contribution in [0, 0.1) is 0 Å². The summed E-state index contributed by atoms with van der Waals surface area (Å²) in [6.45, 7) is 0. The van der Waals surface area contributed by atoms with Gasteiger partial charge in [0.1, 0.15) is 5.84 Å². The van der Waals surface area contributed by atoms with Crippen molar-refractivity contribution in [2.24, 2.45) is 4.40 Å². The third-order valence-electron chi connectivity index (χ3n) is 1.91. The van der Waals surface area contributed by atoms with Crippen molar-refractivity contribution < 1.29 is 8.49 Å². The molecular weight excluding hydrogens is 200 g/mol. The predicted octanol–water partition coefficient (Wildman–Crippen LogP) is 1.13. The largest absolute Gasteiger partial charge is 0.309 e. The van der Waals surface area contributed by atoms with E-state index in [1.165, 1.54) is 5.56 Å². The molecule has 4 nitrogen and oxygen atoms in total. The van der Waals surface area contributed by atoms with Crippen LogP contribution in [-0.4, -0.2) is 10.0 Å². The van der Waals surface area contributed by atoms with Crippen LogP contribution in [0.3, 0.4) is 0 Å². The Morgan fingerprint density at radius 2 is 2.07 bits per heavy atom. The van der Waals surface area contributed by atoms with E-state index in [0.29, 0.717) is 5.84 Å². The minimum atomic E-state index is -1.53. The van der Waals surface area contributed by atoms with E-state index in [9.17, 15) is 4.21 Å². The maximum absolute atomic E-state index is 10.7. The summed E-state index contributed by atoms with van der Waals surface area (Å²) >= 11 is -1.53. The van der Waals surface area contributed by atoms with Crippen LogP contribution < -0.4 is 5.48 Å². The molecule has 1 aliphatic rings. The highest BCUT2D eigenvalue weighted by Gasteiger charge is 2.12. The summed E-state index contributed by atoms with van der Waals surface area (Å²) in [5, 5.41) is 0. The lowest BCUT2D eigenvalue weighted by Gasteiger charge is -1.99. The van der Waals surface area contributed by atoms with Gasteiger partial charge in [-0.05, 0) is 12.0 Å². The Morgan fingerprint density at radius 1 is 1.29 bits per heavy atom. The maximum Gasteiger partial charge on any atom is 0.309 e. The molecule has 1 heterocycles. The van der Waals surface area contributed by atoms with E-state index >= 15 is 0 Å². The molecule has 0 amide bonds. The van der Waals surface area contributed by atoms with Gasteiger partial charge in [0.05, 0.1) is 0 Å². The molecule has 0 fully saturated rings. The topological polar surface area (TPSA) is 50.7 Å². The van der Waals surface area contributed by atoms with E-state index in [2.05, 4.69) is 14.2 Å². The second-order valence-electron chi connectivity index (χ2n) is 2.93. The van der Waals surface area contributed by atoms with Gasteiger partial charge in [-0.15, -0.1) is 4.40 Å². The van der Waals surface area contributed by atoms with Gasteiger partial charge in [0.2, 0.25) is 0 Å². The second kappa shape index (κ2) is 4.34. The Bertz CT molecular complexity index is 364. The Hall–Kier alpha value is -1.20. The highest BCUT2D eigenvalue weighted by molar-refractivity contribution is 7.79. The van der Waals surface area contributed by atoms with E-state index in [4.69, 9.17) is 0 Å². The zero-order valence-electron chi connectivity index (χ0n) is 7.47. The molecule has 0 saturated carbocycles. The quantitative estimate of drug-likeness (QED) is 0.813. The monoisotopic (exact) mass is 210 g/mol. The van der Waals surface area contributed by atoms with Crippen molar-refractivity contribution in [2.75, 3.05) is 0 Å². The summed E-state index contributed by atoms with van der Waals surface area (Å²) in [6, 6.07) is 10.1. The number of rotatable bonds is 3. The summed E-state index contributed by atoms with van der Waals surface area (Å²) < 4.78 is 19.0. The minimum absolute atomic E-state index is 0.646. The first-order valence-corrected chi connectivity index (χ1v) is 5.34. The fourth-order valence-electron chi connectivity index (χ4n) is 1.22. The van der Waals surface area contributed by atoms with Crippen LogP contribution in [0.25, 0.3) is 0 Å². The first-order valence-electron chi connectivity index (χ1n) is 4.31. The van der Waals surface area contributed by atoms with Crippen LogP contribution in [0.1, 0.15) is 12.0 Å². The average Bonchev–Trinajstić information content (AvgIpc) is 2.63. The summed E-state index contributed by atoms with van der Waals surface area (Å²) in [4.78, 5) is 0. The third kappa shape index (κ3) is 2.40. The van der Waals surface area contributed by atoms with Crippen molar-refractivity contribution in [3.63, 3.8) is 0 Å². The van der Waals surface area contributed by atoms with Gasteiger partial charge in [0.25, 0.3) is 0 Å². The summed E-state index contributed by atoms with van der Waals surface area (Å²) in [5.74, 6) is 0.646. The summed E-state index contributed by atoms with van der Waals surface area (Å²) in [5.41, 5.74) is 3.76. The van der Waals surface area contributed by atoms with E-state index in [1.807, 2.05) is 30.3 Å². The van der Waals surface area contributed by atoms with Crippen LogP contribution in [0.15, 0.2) is 34.7 Å². The lowest BCUT2D eigenvalue weighted by atomic mass is 10.1. The van der Waals surface area contributed by atoms with Crippen LogP contribution in [0.4, 0.5) is 0 Å². The van der Waals surface area contributed by atoms with Crippen molar-refractivity contribution in [1.82, 2.24) is 5.48 Å². The second-order valence-corrected chi connectivity index (χ2v) is 3.71. The van der Waals surface area contributed by atoms with Gasteiger partial charge in [0.15, 0.2) is 0 Å². The van der Waals surface area contributed by atoms with E-state index in [-0.39, 0.29) is 0 Å². The van der Waals surface area contributed by atoms with E-state index < -0.39 is 11.3 Å². The number of aryl methyl sites for hydroxylation is 1. The van der Waals surface area contributed by atoms with Gasteiger partial charge in [-0.25, -0.2) is 9.69 Å². The average molecular weight is 210 g/mol. The van der Waals surface area contributed by atoms with Gasteiger partial charge in [0, 0.05) is 6.42 Å². The third-order valence-corrected chi connectivity index (χ3v) is 2.50. The fourth-order valence-corrected chi connectivity index (χ4v) is 1.73. The van der Waals surface area contributed by atoms with Gasteiger partial charge in [-0.1, -0.05) is 30.3 Å². The number of amidine groups is 1. The van der Waals surface area contributed by atoms with Crippen LogP contribution >= 0.6 is 0 Å². The Labute approximate surface area is 84.8 Å². The number of hydrogen-bond donors (Lipinski definition) is 1. The lowest BCUT2D eigenvalue weighted by Crippen LogP contribution is -2.17. The SMILES string of the molecule is O=S1N=C(CCc2ccccc2)NO1. The molecule has 0 saturated heterocycles. The zero-order valence-corrected chi connectivity index (χ0v) is 8.29. The van der Waals surface area contributed by atoms with Crippen molar-refractivity contribution >= 4 is 17.1 Å². The number of nitrogens with one attached hydrogen (secondary N) is 1. The molecule has 1 aromatic rings. The first kappa shape index (κ1) is 9.36. The number of benzene rings is 1. The van der Waals surface area contributed by atoms with Gasteiger partial charge < -0.3 is 0 Å². The first-order chi connectivity index (χ1) is 6.84. The molecule has 1 aromatic carbocycles. The van der Waals surface area contributed by atoms with Crippen LogP contribution in [0.5, 0.6) is 0 Å². The smallest absolute Gasteiger partial charge is 0.235 e. The molecule has 0 aliphatic carbocycles. The van der Waals surface area contributed by atoms with E-state index in [1.54, 1.807) is 0 Å². The van der Waals surface area contributed by atoms with Crippen LogP contribution in [-0.2, 0) is 22.0 Å². The van der Waals surface area contributed by atoms with Crippen LogP contribution in [0.2, 0.25) is 0 Å². The highest BCUT2D eigenvalue weighted by atomic mass is 32.2. The molecule has 74 valence electrons. The number of nitrogens with zero attached hydrogens (tertiary/aromatic N) is 1. The van der Waals surface area contributed by atoms with Crippen molar-refractivity contribution in [2.45, 2.75) is 12.8 Å². The predicted molar refractivity (Wildman–Crippen MR) is 54.6 cm³/mol. The molecule has 14 heavy (non-hydrogen) atoms. The molecule has 1 atom stereocenters. The van der Waals surface area contributed by atoms with E-state index in [0.717, 1.165) is 12.8 Å². The Morgan fingerprint density at radius 3 is 2.71 bits per heavy atom. The molecule has 1 aliphatic heterocycles. The van der Waals surface area contributed by atoms with Gasteiger partial charge in [-0.2, -0.15) is 4.28 Å². The normalized spacial score (nSPS) is 20.3. The molecule has 0 bridgehead atoms. The molecule has 0 spiro atoms. The van der Waals surface area contributed by atoms with Crippen molar-refractivity contribution in [3.8, 4) is 0 Å². The lowest BCUT2D eigenvalue weighted by molar-refractivity contribution is 0.303. The molecule has 0 radical (unpaired) electrons. The molecule has 1 unspecified atom stereocenters. The highest BCUT2D eigenvalue weighted by Crippen LogP contribution is 2.05. The summed E-state index contributed by atoms with van der Waals surface area (Å²) in [6.07, 6.45) is 1.59. The molecule has 2 rings (SSSR count). The number of hydrogen-bond acceptors (Lipinski definition) is 3. The standard InChI is InChI=1S/C9H10N2O2S/c12-14-11-9(10-13-14)7-6-8-4-2-1-3-5-8/h1-5H,6-7H2,(H,10,11).